The van der Waals surface area contributed by atoms with E-state index in [9.17, 15) is 14.4 Å². The van der Waals surface area contributed by atoms with Gasteiger partial charge in [0.2, 0.25) is 0 Å². The Morgan fingerprint density at radius 3 is 2.52 bits per heavy atom. The molecule has 0 N–H and O–H groups in total. The summed E-state index contributed by atoms with van der Waals surface area (Å²) in [4.78, 5) is 37.5. The van der Waals surface area contributed by atoms with Crippen LogP contribution < -0.4 is 16.0 Å². The molecule has 6 nitrogen and oxygen atoms in total. The molecular weight excluding hydrogens is 488 g/mol. The van der Waals surface area contributed by atoms with Gasteiger partial charge in [-0.15, -0.1) is 0 Å². The first-order valence-corrected chi connectivity index (χ1v) is 10.8. The van der Waals surface area contributed by atoms with Crippen molar-refractivity contribution in [1.29, 1.82) is 0 Å². The molecule has 0 fully saturated rings. The van der Waals surface area contributed by atoms with Crippen molar-refractivity contribution in [3.63, 3.8) is 0 Å². The highest BCUT2D eigenvalue weighted by atomic mass is 79.9. The van der Waals surface area contributed by atoms with E-state index in [0.717, 1.165) is 10.0 Å². The normalized spacial score (nSPS) is 11.1. The van der Waals surface area contributed by atoms with Crippen molar-refractivity contribution in [3.8, 4) is 16.9 Å². The molecule has 0 aliphatic heterocycles. The summed E-state index contributed by atoms with van der Waals surface area (Å²) in [7, 11) is 0. The average molecular weight is 503 g/mol. The lowest BCUT2D eigenvalue weighted by Crippen LogP contribution is -2.09. The Bertz CT molecular complexity index is 1680. The Hall–Kier alpha value is -3.97. The molecule has 0 atom stereocenters. The number of ether oxygens (including phenoxy) is 1. The third kappa shape index (κ3) is 4.10. The molecule has 0 radical (unpaired) electrons. The zero-order chi connectivity index (χ0) is 23.1. The molecule has 0 unspecified atom stereocenters. The van der Waals surface area contributed by atoms with Gasteiger partial charge in [-0.2, -0.15) is 0 Å². The number of hydrogen-bond donors (Lipinski definition) is 0. The SMILES string of the molecule is Cc1cccc(C(=O)Oc2ccc3c(-c4cc5cc(Br)ccc5oc4=O)cc(=O)oc3c2)c1. The van der Waals surface area contributed by atoms with Crippen LogP contribution in [0, 0.1) is 6.92 Å². The second-order valence-electron chi connectivity index (χ2n) is 7.53. The van der Waals surface area contributed by atoms with Gasteiger partial charge in [-0.1, -0.05) is 33.6 Å². The van der Waals surface area contributed by atoms with Crippen LogP contribution in [0.2, 0.25) is 0 Å². The number of carbonyl (C=O) groups excluding carboxylic acids is 1. The summed E-state index contributed by atoms with van der Waals surface area (Å²) in [6.07, 6.45) is 0. The van der Waals surface area contributed by atoms with Crippen LogP contribution in [0.25, 0.3) is 33.1 Å². The summed E-state index contributed by atoms with van der Waals surface area (Å²) in [5, 5.41) is 1.20. The molecule has 5 rings (SSSR count). The minimum Gasteiger partial charge on any atom is -0.423 e. The van der Waals surface area contributed by atoms with Crippen LogP contribution in [0.15, 0.2) is 95.7 Å². The van der Waals surface area contributed by atoms with Crippen LogP contribution in [0.1, 0.15) is 15.9 Å². The van der Waals surface area contributed by atoms with Gasteiger partial charge in [0, 0.05) is 32.9 Å². The molecule has 2 heterocycles. The van der Waals surface area contributed by atoms with Crippen LogP contribution in [0.5, 0.6) is 5.75 Å². The Morgan fingerprint density at radius 2 is 1.70 bits per heavy atom. The maximum absolute atomic E-state index is 12.7. The number of aryl methyl sites for hydroxylation is 1. The first-order valence-electron chi connectivity index (χ1n) is 9.98. The molecule has 2 aromatic heterocycles. The van der Waals surface area contributed by atoms with Crippen molar-refractivity contribution in [2.75, 3.05) is 0 Å². The second kappa shape index (κ2) is 8.18. The number of rotatable bonds is 3. The fraction of sp³-hybridized carbons (Fsp3) is 0.0385. The van der Waals surface area contributed by atoms with Gasteiger partial charge in [-0.05, 0) is 55.5 Å². The first-order chi connectivity index (χ1) is 15.9. The van der Waals surface area contributed by atoms with Gasteiger partial charge in [-0.3, -0.25) is 0 Å². The summed E-state index contributed by atoms with van der Waals surface area (Å²) < 4.78 is 17.1. The molecular formula is C26H15BrO6. The molecule has 0 saturated heterocycles. The van der Waals surface area contributed by atoms with E-state index in [-0.39, 0.29) is 16.9 Å². The van der Waals surface area contributed by atoms with Crippen molar-refractivity contribution in [1.82, 2.24) is 0 Å². The molecule has 0 aliphatic rings. The Kier molecular flexibility index (Phi) is 5.18. The van der Waals surface area contributed by atoms with E-state index < -0.39 is 17.2 Å². The zero-order valence-corrected chi connectivity index (χ0v) is 18.8. The Morgan fingerprint density at radius 1 is 0.848 bits per heavy atom. The smallest absolute Gasteiger partial charge is 0.344 e. The van der Waals surface area contributed by atoms with Crippen molar-refractivity contribution in [2.45, 2.75) is 6.92 Å². The molecule has 7 heteroatoms. The highest BCUT2D eigenvalue weighted by Crippen LogP contribution is 2.30. The minimum absolute atomic E-state index is 0.181. The monoisotopic (exact) mass is 502 g/mol. The fourth-order valence-electron chi connectivity index (χ4n) is 3.65. The number of benzene rings is 3. The average Bonchev–Trinajstić information content (AvgIpc) is 2.78. The quantitative estimate of drug-likeness (QED) is 0.174. The Labute approximate surface area is 195 Å². The molecule has 3 aromatic carbocycles. The fourth-order valence-corrected chi connectivity index (χ4v) is 4.03. The van der Waals surface area contributed by atoms with Crippen LogP contribution >= 0.6 is 15.9 Å². The number of hydrogen-bond acceptors (Lipinski definition) is 6. The van der Waals surface area contributed by atoms with Gasteiger partial charge in [-0.25, -0.2) is 14.4 Å². The summed E-state index contributed by atoms with van der Waals surface area (Å²) in [6.45, 7) is 1.88. The summed E-state index contributed by atoms with van der Waals surface area (Å²) >= 11 is 3.41. The van der Waals surface area contributed by atoms with Crippen LogP contribution in [-0.2, 0) is 0 Å². The molecule has 0 spiro atoms. The number of fused-ring (bicyclic) bond motifs is 2. The highest BCUT2D eigenvalue weighted by molar-refractivity contribution is 9.10. The molecule has 33 heavy (non-hydrogen) atoms. The summed E-state index contributed by atoms with van der Waals surface area (Å²) in [5.74, 6) is -0.318. The van der Waals surface area contributed by atoms with Gasteiger partial charge in [0.25, 0.3) is 0 Å². The van der Waals surface area contributed by atoms with Gasteiger partial charge >= 0.3 is 17.2 Å². The molecule has 0 bridgehead atoms. The lowest BCUT2D eigenvalue weighted by Gasteiger charge is -2.09. The van der Waals surface area contributed by atoms with E-state index in [0.29, 0.717) is 27.5 Å². The standard InChI is InChI=1S/C26H15BrO6/c1-14-3-2-4-15(9-14)25(29)31-18-6-7-19-20(13-24(28)32-23(19)12-18)21-11-16-10-17(27)5-8-22(16)33-26(21)30/h2-13H,1H3. The van der Waals surface area contributed by atoms with Crippen LogP contribution in [0.4, 0.5) is 0 Å². The minimum atomic E-state index is -0.645. The summed E-state index contributed by atoms with van der Waals surface area (Å²) in [5.41, 5.74) is 1.33. The largest absolute Gasteiger partial charge is 0.423 e. The lowest BCUT2D eigenvalue weighted by molar-refractivity contribution is 0.0735. The maximum Gasteiger partial charge on any atom is 0.344 e. The van der Waals surface area contributed by atoms with Crippen molar-refractivity contribution in [2.24, 2.45) is 0 Å². The molecule has 0 amide bonds. The van der Waals surface area contributed by atoms with Crippen molar-refractivity contribution >= 4 is 43.8 Å². The Balaban J connectivity index is 1.60. The zero-order valence-electron chi connectivity index (χ0n) is 17.3. The van der Waals surface area contributed by atoms with Gasteiger partial charge < -0.3 is 13.6 Å². The van der Waals surface area contributed by atoms with Crippen molar-refractivity contribution in [3.05, 3.63) is 109 Å². The van der Waals surface area contributed by atoms with Gasteiger partial charge in [0.05, 0.1) is 11.1 Å². The third-order valence-electron chi connectivity index (χ3n) is 5.16. The molecule has 5 aromatic rings. The predicted molar refractivity (Wildman–Crippen MR) is 128 cm³/mol. The molecule has 0 aliphatic carbocycles. The predicted octanol–water partition coefficient (Wildman–Crippen LogP) is 5.86. The highest BCUT2D eigenvalue weighted by Gasteiger charge is 2.16. The number of carbonyl (C=O) groups is 1. The van der Waals surface area contributed by atoms with Crippen molar-refractivity contribution < 1.29 is 18.4 Å². The van der Waals surface area contributed by atoms with Crippen LogP contribution in [0.3, 0.4) is 0 Å². The molecule has 162 valence electrons. The van der Waals surface area contributed by atoms with Gasteiger partial charge in [0.15, 0.2) is 0 Å². The van der Waals surface area contributed by atoms with E-state index >= 15 is 0 Å². The van der Waals surface area contributed by atoms with E-state index in [1.165, 1.54) is 12.1 Å². The van der Waals surface area contributed by atoms with Crippen LogP contribution in [-0.4, -0.2) is 5.97 Å². The summed E-state index contributed by atoms with van der Waals surface area (Å²) in [6, 6.07) is 19.9. The number of halogens is 1. The maximum atomic E-state index is 12.7. The number of esters is 1. The van der Waals surface area contributed by atoms with E-state index in [2.05, 4.69) is 15.9 Å². The second-order valence-corrected chi connectivity index (χ2v) is 8.44. The van der Waals surface area contributed by atoms with E-state index in [1.807, 2.05) is 19.1 Å². The van der Waals surface area contributed by atoms with E-state index in [1.54, 1.807) is 48.5 Å². The topological polar surface area (TPSA) is 86.7 Å². The third-order valence-corrected chi connectivity index (χ3v) is 5.66. The lowest BCUT2D eigenvalue weighted by atomic mass is 10.0. The van der Waals surface area contributed by atoms with E-state index in [4.69, 9.17) is 13.6 Å². The molecule has 0 saturated carbocycles. The first kappa shape index (κ1) is 20.9. The van der Waals surface area contributed by atoms with Gasteiger partial charge in [0.1, 0.15) is 16.9 Å².